The normalized spacial score (nSPS) is 19.7. The summed E-state index contributed by atoms with van der Waals surface area (Å²) in [5, 5.41) is 24.2. The third-order valence-corrected chi connectivity index (χ3v) is 5.20. The number of ether oxygens (including phenoxy) is 1. The summed E-state index contributed by atoms with van der Waals surface area (Å²) < 4.78 is 5.12. The van der Waals surface area contributed by atoms with Crippen molar-refractivity contribution in [1.29, 1.82) is 0 Å². The fourth-order valence-corrected chi connectivity index (χ4v) is 3.39. The number of rotatable bonds is 12. The van der Waals surface area contributed by atoms with Gasteiger partial charge in [-0.1, -0.05) is 39.8 Å². The summed E-state index contributed by atoms with van der Waals surface area (Å²) in [7, 11) is 0. The maximum absolute atomic E-state index is 12.7. The summed E-state index contributed by atoms with van der Waals surface area (Å²) in [4.78, 5) is 38.0. The van der Waals surface area contributed by atoms with E-state index in [9.17, 15) is 24.6 Å². The lowest BCUT2D eigenvalue weighted by Gasteiger charge is -2.24. The Hall–Kier alpha value is -2.29. The lowest BCUT2D eigenvalue weighted by Crippen LogP contribution is -2.55. The van der Waals surface area contributed by atoms with Gasteiger partial charge in [0.15, 0.2) is 11.4 Å². The van der Waals surface area contributed by atoms with E-state index in [1.54, 1.807) is 12.1 Å². The molecule has 0 spiro atoms. The Balaban J connectivity index is 2.03. The Bertz CT molecular complexity index is 771. The largest absolute Gasteiger partial charge is 0.394 e. The lowest BCUT2D eigenvalue weighted by molar-refractivity contribution is -0.133. The monoisotopic (exact) mass is 434 g/mol. The molecule has 1 aromatic rings. The van der Waals surface area contributed by atoms with Crippen LogP contribution in [0.4, 0.5) is 0 Å². The van der Waals surface area contributed by atoms with Gasteiger partial charge in [-0.25, -0.2) is 0 Å². The predicted octanol–water partition coefficient (Wildman–Crippen LogP) is 0.837. The SMILES string of the molecule is CC(C)Cc1ccc(C(=O)N[C@@H](CO)C(=O)NC(CC(C)C)C(=O)C2(CO)CO2)cc1. The molecule has 1 aromatic carbocycles. The van der Waals surface area contributed by atoms with Gasteiger partial charge in [-0.15, -0.1) is 0 Å². The summed E-state index contributed by atoms with van der Waals surface area (Å²) in [6.45, 7) is 7.07. The highest BCUT2D eigenvalue weighted by Crippen LogP contribution is 2.30. The zero-order valence-corrected chi connectivity index (χ0v) is 18.7. The summed E-state index contributed by atoms with van der Waals surface area (Å²) in [6, 6.07) is 4.99. The van der Waals surface area contributed by atoms with Crippen LogP contribution in [0.2, 0.25) is 0 Å². The molecule has 2 amide bonds. The summed E-state index contributed by atoms with van der Waals surface area (Å²) in [5.74, 6) is -0.972. The zero-order valence-electron chi connectivity index (χ0n) is 18.7. The van der Waals surface area contributed by atoms with Crippen LogP contribution in [-0.4, -0.2) is 65.3 Å². The smallest absolute Gasteiger partial charge is 0.251 e. The van der Waals surface area contributed by atoms with Gasteiger partial charge in [0.2, 0.25) is 5.91 Å². The first kappa shape index (κ1) is 25.0. The van der Waals surface area contributed by atoms with E-state index in [-0.39, 0.29) is 12.5 Å². The molecule has 1 heterocycles. The Morgan fingerprint density at radius 1 is 1.00 bits per heavy atom. The van der Waals surface area contributed by atoms with Gasteiger partial charge in [-0.2, -0.15) is 0 Å². The number of nitrogens with one attached hydrogen (secondary N) is 2. The molecule has 0 aliphatic carbocycles. The highest BCUT2D eigenvalue weighted by molar-refractivity contribution is 6.00. The second-order valence-electron chi connectivity index (χ2n) is 9.00. The molecular formula is C23H34N2O6. The molecule has 1 saturated heterocycles. The molecule has 1 fully saturated rings. The molecule has 3 atom stereocenters. The number of Topliss-reactive ketones (excluding diaryl/α,β-unsaturated/α-hetero) is 1. The number of amides is 2. The molecule has 4 N–H and O–H groups in total. The van der Waals surface area contributed by atoms with Crippen molar-refractivity contribution >= 4 is 17.6 Å². The Morgan fingerprint density at radius 2 is 1.61 bits per heavy atom. The van der Waals surface area contributed by atoms with E-state index >= 15 is 0 Å². The van der Waals surface area contributed by atoms with Crippen molar-refractivity contribution in [2.75, 3.05) is 19.8 Å². The number of carbonyl (C=O) groups excluding carboxylic acids is 3. The van der Waals surface area contributed by atoms with E-state index < -0.39 is 48.5 Å². The lowest BCUT2D eigenvalue weighted by atomic mass is 9.92. The first-order valence-electron chi connectivity index (χ1n) is 10.7. The fraction of sp³-hybridized carbons (Fsp3) is 0.609. The van der Waals surface area contributed by atoms with Crippen LogP contribution in [0.5, 0.6) is 0 Å². The highest BCUT2D eigenvalue weighted by Gasteiger charge is 2.54. The number of hydrogen-bond acceptors (Lipinski definition) is 6. The summed E-state index contributed by atoms with van der Waals surface area (Å²) >= 11 is 0. The van der Waals surface area contributed by atoms with E-state index in [0.29, 0.717) is 17.9 Å². The number of hydrogen-bond donors (Lipinski definition) is 4. The topological polar surface area (TPSA) is 128 Å². The molecular weight excluding hydrogens is 400 g/mol. The second-order valence-corrected chi connectivity index (χ2v) is 9.00. The quantitative estimate of drug-likeness (QED) is 0.361. The van der Waals surface area contributed by atoms with E-state index in [1.807, 2.05) is 26.0 Å². The van der Waals surface area contributed by atoms with Crippen molar-refractivity contribution in [2.24, 2.45) is 11.8 Å². The number of aliphatic hydroxyl groups excluding tert-OH is 2. The molecule has 31 heavy (non-hydrogen) atoms. The molecule has 0 radical (unpaired) electrons. The Morgan fingerprint density at radius 3 is 2.06 bits per heavy atom. The van der Waals surface area contributed by atoms with Crippen molar-refractivity contribution < 1.29 is 29.3 Å². The third kappa shape index (κ3) is 6.85. The van der Waals surface area contributed by atoms with Crippen LogP contribution in [0.1, 0.15) is 50.0 Å². The van der Waals surface area contributed by atoms with Crippen molar-refractivity contribution in [1.82, 2.24) is 10.6 Å². The molecule has 1 aliphatic heterocycles. The third-order valence-electron chi connectivity index (χ3n) is 5.20. The minimum atomic E-state index is -1.26. The summed E-state index contributed by atoms with van der Waals surface area (Å²) in [6.07, 6.45) is 1.24. The molecule has 0 saturated carbocycles. The van der Waals surface area contributed by atoms with E-state index in [1.165, 1.54) is 0 Å². The Labute approximate surface area is 183 Å². The number of benzene rings is 1. The van der Waals surface area contributed by atoms with E-state index in [0.717, 1.165) is 12.0 Å². The molecule has 1 aliphatic rings. The maximum atomic E-state index is 12.7. The van der Waals surface area contributed by atoms with Gasteiger partial charge in [-0.3, -0.25) is 14.4 Å². The minimum Gasteiger partial charge on any atom is -0.394 e. The van der Waals surface area contributed by atoms with Gasteiger partial charge in [0.25, 0.3) is 5.91 Å². The van der Waals surface area contributed by atoms with Gasteiger partial charge in [0, 0.05) is 5.56 Å². The van der Waals surface area contributed by atoms with Crippen LogP contribution < -0.4 is 10.6 Å². The van der Waals surface area contributed by atoms with Crippen molar-refractivity contribution in [3.8, 4) is 0 Å². The Kier molecular flexibility index (Phi) is 8.73. The predicted molar refractivity (Wildman–Crippen MR) is 115 cm³/mol. The fourth-order valence-electron chi connectivity index (χ4n) is 3.39. The first-order chi connectivity index (χ1) is 14.6. The van der Waals surface area contributed by atoms with Crippen molar-refractivity contribution in [3.63, 3.8) is 0 Å². The van der Waals surface area contributed by atoms with Crippen LogP contribution >= 0.6 is 0 Å². The molecule has 2 unspecified atom stereocenters. The summed E-state index contributed by atoms with van der Waals surface area (Å²) in [5.41, 5.74) is 0.222. The molecule has 0 bridgehead atoms. The average molecular weight is 435 g/mol. The van der Waals surface area contributed by atoms with Crippen LogP contribution in [-0.2, 0) is 20.7 Å². The number of epoxide rings is 1. The van der Waals surface area contributed by atoms with Gasteiger partial charge in [-0.05, 0) is 42.4 Å². The molecule has 8 nitrogen and oxygen atoms in total. The second kappa shape index (κ2) is 10.8. The van der Waals surface area contributed by atoms with Crippen LogP contribution in [0.25, 0.3) is 0 Å². The number of carbonyl (C=O) groups is 3. The average Bonchev–Trinajstić information content (AvgIpc) is 3.51. The number of aliphatic hydroxyl groups is 2. The standard InChI is InChI=1S/C23H34N2O6/c1-14(2)9-16-5-7-17(8-6-16)21(29)25-19(11-26)22(30)24-18(10-15(3)4)20(28)23(12-27)13-31-23/h5-8,14-15,18-19,26-27H,9-13H2,1-4H3,(H,24,30)(H,25,29)/t18?,19-,23?/m0/s1. The van der Waals surface area contributed by atoms with Crippen LogP contribution in [0.15, 0.2) is 24.3 Å². The minimum absolute atomic E-state index is 0.0928. The molecule has 8 heteroatoms. The van der Waals surface area contributed by atoms with Gasteiger partial charge < -0.3 is 25.6 Å². The number of ketones is 1. The van der Waals surface area contributed by atoms with Crippen LogP contribution in [0, 0.1) is 11.8 Å². The molecule has 0 aromatic heterocycles. The van der Waals surface area contributed by atoms with Gasteiger partial charge in [0.1, 0.15) is 6.04 Å². The van der Waals surface area contributed by atoms with Crippen molar-refractivity contribution in [2.45, 2.75) is 58.2 Å². The molecule has 172 valence electrons. The van der Waals surface area contributed by atoms with Crippen LogP contribution in [0.3, 0.4) is 0 Å². The van der Waals surface area contributed by atoms with Gasteiger partial charge in [0.05, 0.1) is 25.9 Å². The van der Waals surface area contributed by atoms with Crippen molar-refractivity contribution in [3.05, 3.63) is 35.4 Å². The molecule has 2 rings (SSSR count). The van der Waals surface area contributed by atoms with E-state index in [4.69, 9.17) is 4.74 Å². The first-order valence-corrected chi connectivity index (χ1v) is 10.7. The van der Waals surface area contributed by atoms with E-state index in [2.05, 4.69) is 24.5 Å². The highest BCUT2D eigenvalue weighted by atomic mass is 16.6. The maximum Gasteiger partial charge on any atom is 0.251 e. The zero-order chi connectivity index (χ0) is 23.2. The van der Waals surface area contributed by atoms with Gasteiger partial charge >= 0.3 is 0 Å².